The van der Waals surface area contributed by atoms with E-state index in [2.05, 4.69) is 0 Å². The Morgan fingerprint density at radius 1 is 0.875 bits per heavy atom. The van der Waals surface area contributed by atoms with Gasteiger partial charge in [-0.05, 0) is 29.7 Å². The van der Waals surface area contributed by atoms with E-state index in [0.717, 1.165) is 17.5 Å². The van der Waals surface area contributed by atoms with Crippen LogP contribution in [0.1, 0.15) is 30.6 Å². The second-order valence-electron chi connectivity index (χ2n) is 5.56. The van der Waals surface area contributed by atoms with E-state index < -0.39 is 5.97 Å². The molecule has 0 aliphatic heterocycles. The molecule has 126 valence electrons. The average molecular weight is 326 g/mol. The topological polar surface area (TPSA) is 52.6 Å². The quantitative estimate of drug-likeness (QED) is 0.568. The van der Waals surface area contributed by atoms with Crippen molar-refractivity contribution in [1.82, 2.24) is 0 Å². The van der Waals surface area contributed by atoms with E-state index >= 15 is 0 Å². The van der Waals surface area contributed by atoms with Crippen molar-refractivity contribution >= 4 is 11.9 Å². The van der Waals surface area contributed by atoms with Gasteiger partial charge in [0.15, 0.2) is 0 Å². The molecule has 0 amide bonds. The smallest absolute Gasteiger partial charge is 0.338 e. The second kappa shape index (κ2) is 8.87. The lowest BCUT2D eigenvalue weighted by atomic mass is 10.0. The molecule has 0 fully saturated rings. The molecule has 0 aliphatic rings. The standard InChI is InChI=1S/C20H22O4/c1-3-15(2)19(21)23-13-14-24-20(22)18-11-9-17(10-12-18)16-7-5-4-6-8-16/h4-12,15H,3,13-14H2,1-2H3. The molecular weight excluding hydrogens is 304 g/mol. The third kappa shape index (κ3) is 4.95. The summed E-state index contributed by atoms with van der Waals surface area (Å²) in [6, 6.07) is 17.2. The maximum absolute atomic E-state index is 12.0. The fourth-order valence-electron chi connectivity index (χ4n) is 2.10. The van der Waals surface area contributed by atoms with Gasteiger partial charge >= 0.3 is 11.9 Å². The average Bonchev–Trinajstić information content (AvgIpc) is 2.65. The molecule has 1 unspecified atom stereocenters. The first kappa shape index (κ1) is 17.7. The number of benzene rings is 2. The molecule has 2 aromatic carbocycles. The molecule has 0 aliphatic carbocycles. The normalized spacial score (nSPS) is 11.6. The summed E-state index contributed by atoms with van der Waals surface area (Å²) < 4.78 is 10.2. The molecular formula is C20H22O4. The van der Waals surface area contributed by atoms with Crippen LogP contribution in [0.2, 0.25) is 0 Å². The number of ether oxygens (including phenoxy) is 2. The van der Waals surface area contributed by atoms with E-state index in [4.69, 9.17) is 9.47 Å². The van der Waals surface area contributed by atoms with Gasteiger partial charge in [-0.2, -0.15) is 0 Å². The van der Waals surface area contributed by atoms with Crippen molar-refractivity contribution in [2.45, 2.75) is 20.3 Å². The predicted octanol–water partition coefficient (Wildman–Crippen LogP) is 4.10. The summed E-state index contributed by atoms with van der Waals surface area (Å²) in [5.74, 6) is -0.818. The Bertz CT molecular complexity index is 662. The number of hydrogen-bond acceptors (Lipinski definition) is 4. The summed E-state index contributed by atoms with van der Waals surface area (Å²) in [6.45, 7) is 3.87. The first-order valence-corrected chi connectivity index (χ1v) is 8.11. The summed E-state index contributed by atoms with van der Waals surface area (Å²) in [5, 5.41) is 0. The van der Waals surface area contributed by atoms with Crippen LogP contribution in [-0.4, -0.2) is 25.2 Å². The minimum Gasteiger partial charge on any atom is -0.462 e. The zero-order valence-electron chi connectivity index (χ0n) is 14.0. The molecule has 0 N–H and O–H groups in total. The Kier molecular flexibility index (Phi) is 6.55. The highest BCUT2D eigenvalue weighted by atomic mass is 16.6. The van der Waals surface area contributed by atoms with Gasteiger partial charge in [0.05, 0.1) is 11.5 Å². The van der Waals surface area contributed by atoms with Gasteiger partial charge in [0.25, 0.3) is 0 Å². The second-order valence-corrected chi connectivity index (χ2v) is 5.56. The van der Waals surface area contributed by atoms with Crippen LogP contribution in [0.4, 0.5) is 0 Å². The van der Waals surface area contributed by atoms with Crippen molar-refractivity contribution < 1.29 is 19.1 Å². The van der Waals surface area contributed by atoms with Crippen LogP contribution < -0.4 is 0 Å². The molecule has 0 saturated carbocycles. The Labute approximate surface area is 142 Å². The summed E-state index contributed by atoms with van der Waals surface area (Å²) in [5.41, 5.74) is 2.60. The van der Waals surface area contributed by atoms with Gasteiger partial charge < -0.3 is 9.47 Å². The molecule has 0 bridgehead atoms. The molecule has 2 aromatic rings. The van der Waals surface area contributed by atoms with Crippen LogP contribution in [0.5, 0.6) is 0 Å². The first-order chi connectivity index (χ1) is 11.6. The number of carbonyl (C=O) groups excluding carboxylic acids is 2. The maximum Gasteiger partial charge on any atom is 0.338 e. The highest BCUT2D eigenvalue weighted by Crippen LogP contribution is 2.19. The number of rotatable bonds is 7. The summed E-state index contributed by atoms with van der Waals surface area (Å²) in [6.07, 6.45) is 0.729. The molecule has 0 radical (unpaired) electrons. The van der Waals surface area contributed by atoms with E-state index in [-0.39, 0.29) is 25.1 Å². The Morgan fingerprint density at radius 2 is 1.46 bits per heavy atom. The van der Waals surface area contributed by atoms with Gasteiger partial charge in [-0.25, -0.2) is 4.79 Å². The SMILES string of the molecule is CCC(C)C(=O)OCCOC(=O)c1ccc(-c2ccccc2)cc1. The lowest BCUT2D eigenvalue weighted by Crippen LogP contribution is -2.18. The van der Waals surface area contributed by atoms with Gasteiger partial charge in [0.2, 0.25) is 0 Å². The Hall–Kier alpha value is -2.62. The number of carbonyl (C=O) groups is 2. The van der Waals surface area contributed by atoms with E-state index in [1.165, 1.54) is 0 Å². The maximum atomic E-state index is 12.0. The minimum atomic E-state index is -0.422. The van der Waals surface area contributed by atoms with Crippen LogP contribution in [0.3, 0.4) is 0 Å². The minimum absolute atomic E-state index is 0.0570. The van der Waals surface area contributed by atoms with Crippen LogP contribution >= 0.6 is 0 Å². The molecule has 24 heavy (non-hydrogen) atoms. The van der Waals surface area contributed by atoms with Crippen molar-refractivity contribution in [2.75, 3.05) is 13.2 Å². The lowest BCUT2D eigenvalue weighted by molar-refractivity contribution is -0.149. The van der Waals surface area contributed by atoms with Crippen molar-refractivity contribution in [2.24, 2.45) is 5.92 Å². The molecule has 4 nitrogen and oxygen atoms in total. The molecule has 0 spiro atoms. The van der Waals surface area contributed by atoms with Crippen molar-refractivity contribution in [1.29, 1.82) is 0 Å². The molecule has 0 saturated heterocycles. The fourth-order valence-corrected chi connectivity index (χ4v) is 2.10. The Morgan fingerprint density at radius 3 is 2.08 bits per heavy atom. The van der Waals surface area contributed by atoms with Gasteiger partial charge in [0, 0.05) is 0 Å². The van der Waals surface area contributed by atoms with Gasteiger partial charge in [-0.15, -0.1) is 0 Å². The monoisotopic (exact) mass is 326 g/mol. The Balaban J connectivity index is 1.82. The van der Waals surface area contributed by atoms with Crippen molar-refractivity contribution in [3.8, 4) is 11.1 Å². The van der Waals surface area contributed by atoms with Gasteiger partial charge in [-0.3, -0.25) is 4.79 Å². The number of hydrogen-bond donors (Lipinski definition) is 0. The highest BCUT2D eigenvalue weighted by Gasteiger charge is 2.12. The van der Waals surface area contributed by atoms with Crippen LogP contribution in [0.25, 0.3) is 11.1 Å². The first-order valence-electron chi connectivity index (χ1n) is 8.11. The van der Waals surface area contributed by atoms with Gasteiger partial charge in [0.1, 0.15) is 13.2 Å². The van der Waals surface area contributed by atoms with Crippen LogP contribution in [0.15, 0.2) is 54.6 Å². The zero-order chi connectivity index (χ0) is 17.4. The summed E-state index contributed by atoms with van der Waals surface area (Å²) >= 11 is 0. The van der Waals surface area contributed by atoms with E-state index in [1.54, 1.807) is 12.1 Å². The van der Waals surface area contributed by atoms with E-state index in [9.17, 15) is 9.59 Å². The number of esters is 2. The molecule has 0 heterocycles. The van der Waals surface area contributed by atoms with E-state index in [1.807, 2.05) is 56.3 Å². The summed E-state index contributed by atoms with van der Waals surface area (Å²) in [7, 11) is 0. The van der Waals surface area contributed by atoms with Crippen molar-refractivity contribution in [3.63, 3.8) is 0 Å². The van der Waals surface area contributed by atoms with Crippen LogP contribution in [-0.2, 0) is 14.3 Å². The molecule has 1 atom stereocenters. The van der Waals surface area contributed by atoms with Crippen molar-refractivity contribution in [3.05, 3.63) is 60.2 Å². The van der Waals surface area contributed by atoms with Crippen LogP contribution in [0, 0.1) is 5.92 Å². The third-order valence-electron chi connectivity index (χ3n) is 3.80. The lowest BCUT2D eigenvalue weighted by Gasteiger charge is -2.10. The third-order valence-corrected chi connectivity index (χ3v) is 3.80. The molecule has 4 heteroatoms. The zero-order valence-corrected chi connectivity index (χ0v) is 14.0. The molecule has 0 aromatic heterocycles. The van der Waals surface area contributed by atoms with Gasteiger partial charge in [-0.1, -0.05) is 56.3 Å². The highest BCUT2D eigenvalue weighted by molar-refractivity contribution is 5.90. The fraction of sp³-hybridized carbons (Fsp3) is 0.300. The summed E-state index contributed by atoms with van der Waals surface area (Å²) in [4.78, 5) is 23.5. The van der Waals surface area contributed by atoms with E-state index in [0.29, 0.717) is 5.56 Å². The predicted molar refractivity (Wildman–Crippen MR) is 92.6 cm³/mol. The molecule has 2 rings (SSSR count). The largest absolute Gasteiger partial charge is 0.462 e.